The summed E-state index contributed by atoms with van der Waals surface area (Å²) in [7, 11) is 0. The first kappa shape index (κ1) is 22.2. The maximum atomic E-state index is 13.1. The number of likely N-dealkylation sites (tertiary alicyclic amines) is 1. The molecule has 28 heavy (non-hydrogen) atoms. The summed E-state index contributed by atoms with van der Waals surface area (Å²) < 4.78 is 1.36. The lowest BCUT2D eigenvalue weighted by Crippen LogP contribution is -2.46. The number of hydrogen-bond donors (Lipinski definition) is 2. The predicted octanol–water partition coefficient (Wildman–Crippen LogP) is 1.78. The SMILES string of the molecule is CCCCN(C(=O)CN1CCCCCC1)c1c(N)n(CC(C)C)c(=O)[nH]c1=O. The van der Waals surface area contributed by atoms with Crippen LogP contribution in [-0.4, -0.2) is 46.5 Å². The van der Waals surface area contributed by atoms with Crippen molar-refractivity contribution >= 4 is 17.4 Å². The quantitative estimate of drug-likeness (QED) is 0.701. The smallest absolute Gasteiger partial charge is 0.330 e. The van der Waals surface area contributed by atoms with Gasteiger partial charge in [-0.1, -0.05) is 40.0 Å². The molecule has 0 bridgehead atoms. The van der Waals surface area contributed by atoms with E-state index in [-0.39, 0.29) is 29.9 Å². The van der Waals surface area contributed by atoms with Crippen LogP contribution in [0.1, 0.15) is 59.3 Å². The molecule has 0 aliphatic carbocycles. The van der Waals surface area contributed by atoms with E-state index in [1.807, 2.05) is 20.8 Å². The van der Waals surface area contributed by atoms with E-state index in [2.05, 4.69) is 9.88 Å². The number of hydrogen-bond acceptors (Lipinski definition) is 5. The summed E-state index contributed by atoms with van der Waals surface area (Å²) in [5.41, 5.74) is 5.22. The zero-order chi connectivity index (χ0) is 20.7. The minimum atomic E-state index is -0.595. The van der Waals surface area contributed by atoms with E-state index in [1.54, 1.807) is 0 Å². The fraction of sp³-hybridized carbons (Fsp3) is 0.750. The molecule has 1 aromatic rings. The van der Waals surface area contributed by atoms with Gasteiger partial charge in [-0.15, -0.1) is 0 Å². The normalized spacial score (nSPS) is 15.6. The number of nitrogen functional groups attached to an aromatic ring is 1. The van der Waals surface area contributed by atoms with Crippen molar-refractivity contribution < 1.29 is 4.79 Å². The number of nitrogens with one attached hydrogen (secondary N) is 1. The second kappa shape index (κ2) is 10.5. The van der Waals surface area contributed by atoms with Crippen molar-refractivity contribution in [1.29, 1.82) is 0 Å². The molecule has 1 aliphatic heterocycles. The predicted molar refractivity (Wildman–Crippen MR) is 113 cm³/mol. The molecule has 2 rings (SSSR count). The van der Waals surface area contributed by atoms with Gasteiger partial charge in [0.1, 0.15) is 5.82 Å². The minimum Gasteiger partial charge on any atom is -0.383 e. The number of aromatic amines is 1. The Labute approximate surface area is 166 Å². The topological polar surface area (TPSA) is 104 Å². The molecule has 0 aromatic carbocycles. The summed E-state index contributed by atoms with van der Waals surface area (Å²) in [4.78, 5) is 43.9. The van der Waals surface area contributed by atoms with Crippen LogP contribution >= 0.6 is 0 Å². The number of nitrogens with two attached hydrogens (primary N) is 1. The van der Waals surface area contributed by atoms with Crippen molar-refractivity contribution in [1.82, 2.24) is 14.5 Å². The molecule has 1 amide bonds. The van der Waals surface area contributed by atoms with Crippen molar-refractivity contribution in [2.75, 3.05) is 36.8 Å². The molecule has 1 fully saturated rings. The second-order valence-corrected chi connectivity index (χ2v) is 8.09. The molecule has 0 saturated carbocycles. The number of aromatic nitrogens is 2. The van der Waals surface area contributed by atoms with Gasteiger partial charge in [-0.3, -0.25) is 24.0 Å². The van der Waals surface area contributed by atoms with E-state index in [9.17, 15) is 14.4 Å². The third-order valence-corrected chi connectivity index (χ3v) is 5.13. The van der Waals surface area contributed by atoms with Crippen LogP contribution in [0, 0.1) is 5.92 Å². The molecular weight excluding hydrogens is 358 g/mol. The molecule has 0 unspecified atom stereocenters. The Bertz CT molecular complexity index is 760. The molecule has 8 heteroatoms. The number of rotatable bonds is 8. The number of unbranched alkanes of at least 4 members (excludes halogenated alkanes) is 1. The van der Waals surface area contributed by atoms with E-state index < -0.39 is 11.2 Å². The molecule has 158 valence electrons. The Morgan fingerprint density at radius 2 is 1.82 bits per heavy atom. The molecule has 0 spiro atoms. The van der Waals surface area contributed by atoms with Gasteiger partial charge in [0.2, 0.25) is 5.91 Å². The Morgan fingerprint density at radius 1 is 1.18 bits per heavy atom. The average Bonchev–Trinajstić information content (AvgIpc) is 2.89. The number of carbonyl (C=O) groups is 1. The van der Waals surface area contributed by atoms with Crippen LogP contribution < -0.4 is 21.9 Å². The zero-order valence-electron chi connectivity index (χ0n) is 17.5. The number of nitrogens with zero attached hydrogens (tertiary/aromatic N) is 3. The largest absolute Gasteiger partial charge is 0.383 e. The van der Waals surface area contributed by atoms with E-state index in [0.29, 0.717) is 13.1 Å². The van der Waals surface area contributed by atoms with Gasteiger partial charge in [0.15, 0.2) is 5.69 Å². The highest BCUT2D eigenvalue weighted by atomic mass is 16.2. The maximum Gasteiger partial charge on any atom is 0.330 e. The van der Waals surface area contributed by atoms with Gasteiger partial charge < -0.3 is 10.6 Å². The van der Waals surface area contributed by atoms with Gasteiger partial charge in [0.05, 0.1) is 6.54 Å². The molecule has 0 atom stereocenters. The van der Waals surface area contributed by atoms with Crippen molar-refractivity contribution in [3.63, 3.8) is 0 Å². The maximum absolute atomic E-state index is 13.1. The first-order chi connectivity index (χ1) is 13.3. The molecule has 0 radical (unpaired) electrons. The highest BCUT2D eigenvalue weighted by Gasteiger charge is 2.25. The van der Waals surface area contributed by atoms with Crippen molar-refractivity contribution in [2.45, 2.75) is 65.8 Å². The van der Waals surface area contributed by atoms with Crippen LogP contribution in [0.2, 0.25) is 0 Å². The molecule has 1 saturated heterocycles. The third-order valence-electron chi connectivity index (χ3n) is 5.13. The molecule has 2 heterocycles. The lowest BCUT2D eigenvalue weighted by atomic mass is 10.2. The van der Waals surface area contributed by atoms with Gasteiger partial charge in [-0.05, 0) is 38.3 Å². The summed E-state index contributed by atoms with van der Waals surface area (Å²) in [5.74, 6) is 0.112. The number of amides is 1. The van der Waals surface area contributed by atoms with Crippen LogP contribution in [-0.2, 0) is 11.3 Å². The first-order valence-corrected chi connectivity index (χ1v) is 10.5. The average molecular weight is 394 g/mol. The molecule has 3 N–H and O–H groups in total. The fourth-order valence-corrected chi connectivity index (χ4v) is 3.63. The van der Waals surface area contributed by atoms with E-state index in [0.717, 1.165) is 38.8 Å². The van der Waals surface area contributed by atoms with Crippen LogP contribution in [0.25, 0.3) is 0 Å². The first-order valence-electron chi connectivity index (χ1n) is 10.5. The zero-order valence-corrected chi connectivity index (χ0v) is 17.5. The second-order valence-electron chi connectivity index (χ2n) is 8.09. The van der Waals surface area contributed by atoms with Gasteiger partial charge in [-0.2, -0.15) is 0 Å². The van der Waals surface area contributed by atoms with Gasteiger partial charge in [-0.25, -0.2) is 4.79 Å². The van der Waals surface area contributed by atoms with Crippen LogP contribution in [0.4, 0.5) is 11.5 Å². The molecular formula is C20H35N5O3. The van der Waals surface area contributed by atoms with Crippen molar-refractivity contribution in [2.24, 2.45) is 5.92 Å². The van der Waals surface area contributed by atoms with Gasteiger partial charge >= 0.3 is 5.69 Å². The van der Waals surface area contributed by atoms with E-state index >= 15 is 0 Å². The van der Waals surface area contributed by atoms with Crippen molar-refractivity contribution in [3.8, 4) is 0 Å². The number of carbonyl (C=O) groups excluding carboxylic acids is 1. The van der Waals surface area contributed by atoms with Crippen LogP contribution in [0.5, 0.6) is 0 Å². The van der Waals surface area contributed by atoms with E-state index in [4.69, 9.17) is 5.73 Å². The third kappa shape index (κ3) is 5.70. The molecule has 1 aromatic heterocycles. The number of H-pyrrole nitrogens is 1. The Morgan fingerprint density at radius 3 is 2.39 bits per heavy atom. The van der Waals surface area contributed by atoms with Gasteiger partial charge in [0.25, 0.3) is 5.56 Å². The Hall–Kier alpha value is -2.09. The monoisotopic (exact) mass is 393 g/mol. The highest BCUT2D eigenvalue weighted by Crippen LogP contribution is 2.19. The lowest BCUT2D eigenvalue weighted by Gasteiger charge is -2.28. The van der Waals surface area contributed by atoms with Crippen LogP contribution in [0.15, 0.2) is 9.59 Å². The highest BCUT2D eigenvalue weighted by molar-refractivity contribution is 5.96. The van der Waals surface area contributed by atoms with Crippen LogP contribution in [0.3, 0.4) is 0 Å². The summed E-state index contributed by atoms with van der Waals surface area (Å²) in [6, 6.07) is 0. The summed E-state index contributed by atoms with van der Waals surface area (Å²) in [6.07, 6.45) is 6.20. The molecule has 1 aliphatic rings. The van der Waals surface area contributed by atoms with Gasteiger partial charge in [0, 0.05) is 13.1 Å². The van der Waals surface area contributed by atoms with Crippen molar-refractivity contribution in [3.05, 3.63) is 20.8 Å². The van der Waals surface area contributed by atoms with E-state index in [1.165, 1.54) is 22.3 Å². The Kier molecular flexibility index (Phi) is 8.29. The summed E-state index contributed by atoms with van der Waals surface area (Å²) in [5, 5.41) is 0. The minimum absolute atomic E-state index is 0.0720. The fourth-order valence-electron chi connectivity index (χ4n) is 3.63. The Balaban J connectivity index is 2.37. The lowest BCUT2D eigenvalue weighted by molar-refractivity contribution is -0.119. The standard InChI is InChI=1S/C20H35N5O3/c1-4-5-12-24(16(26)14-23-10-8-6-7-9-11-23)17-18(21)25(13-15(2)3)20(28)22-19(17)27/h15H,4-14,21H2,1-3H3,(H,22,27,28). The summed E-state index contributed by atoms with van der Waals surface area (Å²) in [6.45, 7) is 8.83. The molecule has 8 nitrogen and oxygen atoms in total. The number of anilines is 2. The summed E-state index contributed by atoms with van der Waals surface area (Å²) >= 11 is 0.